The van der Waals surface area contributed by atoms with Gasteiger partial charge in [0.25, 0.3) is 0 Å². The molecule has 0 aromatic heterocycles. The molecule has 28 heavy (non-hydrogen) atoms. The first-order valence-corrected chi connectivity index (χ1v) is 10.1. The highest BCUT2D eigenvalue weighted by Crippen LogP contribution is 2.41. The summed E-state index contributed by atoms with van der Waals surface area (Å²) in [5.41, 5.74) is 2.54. The van der Waals surface area contributed by atoms with Crippen LogP contribution in [0.3, 0.4) is 0 Å². The van der Waals surface area contributed by atoms with Crippen molar-refractivity contribution < 1.29 is 9.50 Å². The largest absolute Gasteiger partial charge is 0.395 e. The van der Waals surface area contributed by atoms with Crippen LogP contribution in [0.5, 0.6) is 0 Å². The van der Waals surface area contributed by atoms with Crippen molar-refractivity contribution in [2.24, 2.45) is 0 Å². The van der Waals surface area contributed by atoms with Gasteiger partial charge in [-0.15, -0.1) is 0 Å². The number of nitrogens with zero attached hydrogens (tertiary/aromatic N) is 2. The monoisotopic (exact) mass is 378 g/mol. The second-order valence-corrected chi connectivity index (χ2v) is 7.90. The first kappa shape index (κ1) is 19.1. The van der Waals surface area contributed by atoms with Crippen molar-refractivity contribution in [2.75, 3.05) is 33.3 Å². The molecule has 0 saturated carbocycles. The summed E-state index contributed by atoms with van der Waals surface area (Å²) in [7, 11) is 2.19. The number of likely N-dealkylation sites (N-methyl/N-ethyl adjacent to an activating group) is 1. The van der Waals surface area contributed by atoms with Gasteiger partial charge in [-0.05, 0) is 62.8 Å². The summed E-state index contributed by atoms with van der Waals surface area (Å²) in [6, 6.07) is 15.5. The van der Waals surface area contributed by atoms with Gasteiger partial charge in [-0.25, -0.2) is 4.39 Å². The molecule has 4 heteroatoms. The third-order valence-electron chi connectivity index (χ3n) is 6.08. The van der Waals surface area contributed by atoms with Crippen LogP contribution in [0.4, 0.5) is 4.39 Å². The van der Waals surface area contributed by atoms with Gasteiger partial charge in [-0.3, -0.25) is 4.90 Å². The molecule has 1 N–H and O–H groups in total. The smallest absolute Gasteiger partial charge is 0.138 e. The quantitative estimate of drug-likeness (QED) is 0.814. The Kier molecular flexibility index (Phi) is 5.77. The van der Waals surface area contributed by atoms with E-state index in [0.29, 0.717) is 17.5 Å². The molecule has 2 aliphatic heterocycles. The van der Waals surface area contributed by atoms with Crippen molar-refractivity contribution in [3.8, 4) is 11.8 Å². The molecule has 3 nitrogen and oxygen atoms in total. The summed E-state index contributed by atoms with van der Waals surface area (Å²) in [6.07, 6.45) is 2.41. The number of hydrogen-bond acceptors (Lipinski definition) is 3. The van der Waals surface area contributed by atoms with Crippen LogP contribution in [0, 0.1) is 17.7 Å². The van der Waals surface area contributed by atoms with E-state index in [1.807, 2.05) is 12.1 Å². The Morgan fingerprint density at radius 3 is 2.54 bits per heavy atom. The molecule has 0 spiro atoms. The molecule has 0 radical (unpaired) electrons. The lowest BCUT2D eigenvalue weighted by atomic mass is 9.74. The number of aliphatic hydroxyl groups excluding tert-OH is 1. The summed E-state index contributed by atoms with van der Waals surface area (Å²) < 4.78 is 13.7. The molecule has 2 fully saturated rings. The molecule has 0 aliphatic carbocycles. The number of aliphatic hydroxyl groups is 1. The van der Waals surface area contributed by atoms with E-state index < -0.39 is 0 Å². The third kappa shape index (κ3) is 3.84. The van der Waals surface area contributed by atoms with E-state index in [9.17, 15) is 9.50 Å². The number of rotatable bonds is 2. The van der Waals surface area contributed by atoms with Crippen molar-refractivity contribution in [3.05, 3.63) is 71.0 Å². The van der Waals surface area contributed by atoms with E-state index in [4.69, 9.17) is 0 Å². The minimum atomic E-state index is -0.291. The number of fused-ring (bicyclic) bond motifs is 1. The Labute approximate surface area is 166 Å². The van der Waals surface area contributed by atoms with Crippen LogP contribution in [0.2, 0.25) is 0 Å². The van der Waals surface area contributed by atoms with Gasteiger partial charge in [-0.2, -0.15) is 0 Å². The van der Waals surface area contributed by atoms with E-state index in [1.54, 1.807) is 18.2 Å². The summed E-state index contributed by atoms with van der Waals surface area (Å²) >= 11 is 0. The minimum Gasteiger partial charge on any atom is -0.395 e. The Balaban J connectivity index is 1.52. The molecule has 0 amide bonds. The predicted molar refractivity (Wildman–Crippen MR) is 110 cm³/mol. The van der Waals surface area contributed by atoms with Gasteiger partial charge >= 0.3 is 0 Å². The maximum Gasteiger partial charge on any atom is 0.138 e. The number of hydrogen-bond donors (Lipinski definition) is 1. The lowest BCUT2D eigenvalue weighted by Gasteiger charge is -2.57. The minimum absolute atomic E-state index is 0.194. The fourth-order valence-electron chi connectivity index (χ4n) is 4.60. The third-order valence-corrected chi connectivity index (χ3v) is 6.08. The lowest BCUT2D eigenvalue weighted by molar-refractivity contribution is -0.0614. The Hall–Kier alpha value is -2.19. The highest BCUT2D eigenvalue weighted by molar-refractivity contribution is 5.44. The van der Waals surface area contributed by atoms with Gasteiger partial charge in [-0.1, -0.05) is 36.1 Å². The summed E-state index contributed by atoms with van der Waals surface area (Å²) in [6.45, 7) is 3.45. The standard InChI is InChI=1S/C24H27FN2O/c1-26-14-4-5-15-27-22(16-26)24(23(27)17-28)20-12-9-18(10-13-20)8-11-19-6-2-3-7-21(19)25/h2-3,6-7,9-10,12-13,22-24,28H,4-5,14-17H2,1H3/t22-,23-,24+/m1/s1. The molecule has 2 saturated heterocycles. The fraction of sp³-hybridized carbons (Fsp3) is 0.417. The van der Waals surface area contributed by atoms with Crippen LogP contribution < -0.4 is 0 Å². The van der Waals surface area contributed by atoms with E-state index in [1.165, 1.54) is 24.5 Å². The molecular weight excluding hydrogens is 351 g/mol. The number of benzene rings is 2. The molecule has 146 valence electrons. The van der Waals surface area contributed by atoms with Crippen LogP contribution in [-0.2, 0) is 0 Å². The molecule has 0 unspecified atom stereocenters. The topological polar surface area (TPSA) is 26.7 Å². The zero-order chi connectivity index (χ0) is 19.5. The van der Waals surface area contributed by atoms with Gasteiger partial charge in [0, 0.05) is 30.1 Å². The van der Waals surface area contributed by atoms with Crippen molar-refractivity contribution in [2.45, 2.75) is 30.8 Å². The molecule has 0 bridgehead atoms. The fourth-order valence-corrected chi connectivity index (χ4v) is 4.60. The van der Waals surface area contributed by atoms with Gasteiger partial charge in [0.15, 0.2) is 0 Å². The molecule has 2 aliphatic rings. The molecular formula is C24H27FN2O. The maximum atomic E-state index is 13.7. The first-order chi connectivity index (χ1) is 13.7. The van der Waals surface area contributed by atoms with E-state index in [2.05, 4.69) is 40.8 Å². The predicted octanol–water partition coefficient (Wildman–Crippen LogP) is 3.08. The maximum absolute atomic E-state index is 13.7. The Bertz CT molecular complexity index is 870. The second-order valence-electron chi connectivity index (χ2n) is 7.90. The first-order valence-electron chi connectivity index (χ1n) is 10.1. The van der Waals surface area contributed by atoms with E-state index >= 15 is 0 Å². The van der Waals surface area contributed by atoms with Crippen molar-refractivity contribution in [1.29, 1.82) is 0 Å². The number of halogens is 1. The highest BCUT2D eigenvalue weighted by atomic mass is 19.1. The zero-order valence-corrected chi connectivity index (χ0v) is 16.3. The molecule has 4 rings (SSSR count). The van der Waals surface area contributed by atoms with Gasteiger partial charge in [0.2, 0.25) is 0 Å². The van der Waals surface area contributed by atoms with Crippen molar-refractivity contribution in [3.63, 3.8) is 0 Å². The SMILES string of the molecule is CN1CCCCN2[C@H](CO)[C@@H](c3ccc(C#Cc4ccccc4F)cc3)[C@H]2C1. The van der Waals surface area contributed by atoms with Crippen LogP contribution in [-0.4, -0.2) is 60.3 Å². The summed E-state index contributed by atoms with van der Waals surface area (Å²) in [5, 5.41) is 9.96. The summed E-state index contributed by atoms with van der Waals surface area (Å²) in [4.78, 5) is 4.89. The van der Waals surface area contributed by atoms with Gasteiger partial charge in [0.05, 0.1) is 12.2 Å². The van der Waals surface area contributed by atoms with Crippen LogP contribution in [0.1, 0.15) is 35.4 Å². The van der Waals surface area contributed by atoms with Gasteiger partial charge in [0.1, 0.15) is 5.82 Å². The molecule has 2 aromatic rings. The average Bonchev–Trinajstić information content (AvgIpc) is 2.69. The normalized spacial score (nSPS) is 25.6. The van der Waals surface area contributed by atoms with Crippen LogP contribution in [0.25, 0.3) is 0 Å². The molecule has 2 heterocycles. The van der Waals surface area contributed by atoms with E-state index in [-0.39, 0.29) is 18.5 Å². The van der Waals surface area contributed by atoms with Crippen LogP contribution in [0.15, 0.2) is 48.5 Å². The molecule has 2 aromatic carbocycles. The van der Waals surface area contributed by atoms with Crippen molar-refractivity contribution >= 4 is 0 Å². The van der Waals surface area contributed by atoms with Gasteiger partial charge < -0.3 is 10.0 Å². The van der Waals surface area contributed by atoms with Crippen LogP contribution >= 0.6 is 0 Å². The average molecular weight is 378 g/mol. The zero-order valence-electron chi connectivity index (χ0n) is 16.3. The van der Waals surface area contributed by atoms with E-state index in [0.717, 1.165) is 25.2 Å². The Morgan fingerprint density at radius 1 is 1.04 bits per heavy atom. The lowest BCUT2D eigenvalue weighted by Crippen LogP contribution is -2.67. The highest BCUT2D eigenvalue weighted by Gasteiger charge is 2.48. The van der Waals surface area contributed by atoms with Crippen molar-refractivity contribution in [1.82, 2.24) is 9.80 Å². The second kappa shape index (κ2) is 8.45. The summed E-state index contributed by atoms with van der Waals surface area (Å²) in [5.74, 6) is 6.02. The molecule has 3 atom stereocenters. The Morgan fingerprint density at radius 2 is 1.79 bits per heavy atom.